The number of carbonyl (C=O) groups excluding carboxylic acids is 1. The molecule has 9 heteroatoms. The Morgan fingerprint density at radius 1 is 1.03 bits per heavy atom. The van der Waals surface area contributed by atoms with Crippen LogP contribution >= 0.6 is 23.2 Å². The fourth-order valence-corrected chi connectivity index (χ4v) is 4.73. The number of ether oxygens (including phenoxy) is 1. The molecule has 3 aromatic rings. The van der Waals surface area contributed by atoms with Crippen LogP contribution in [0.5, 0.6) is 5.75 Å². The van der Waals surface area contributed by atoms with E-state index >= 15 is 0 Å². The van der Waals surface area contributed by atoms with Crippen molar-refractivity contribution in [2.45, 2.75) is 19.3 Å². The molecule has 4 rings (SSSR count). The summed E-state index contributed by atoms with van der Waals surface area (Å²) < 4.78 is 5.78. The lowest BCUT2D eigenvalue weighted by Crippen LogP contribution is -2.38. The maximum absolute atomic E-state index is 12.9. The standard InChI is InChI=1S/C27H27Cl2N3O4/c28-22-2-1-19(25(29)16-22)7-12-36-24-14-20(13-21(15-24)27(34)35)26(33)31-17-18-5-10-32(11-6-18)23-3-8-30-9-4-23/h1-4,8-9,13-16,18H,5-7,10-12,17H2,(H,31,33)(H,34,35). The Morgan fingerprint density at radius 3 is 2.44 bits per heavy atom. The molecule has 7 nitrogen and oxygen atoms in total. The number of halogens is 2. The number of amides is 1. The van der Waals surface area contributed by atoms with Gasteiger partial charge in [0.2, 0.25) is 0 Å². The van der Waals surface area contributed by atoms with Crippen LogP contribution in [0.25, 0.3) is 0 Å². The van der Waals surface area contributed by atoms with Crippen molar-refractivity contribution in [1.82, 2.24) is 10.3 Å². The average Bonchev–Trinajstić information content (AvgIpc) is 2.89. The molecule has 1 aliphatic heterocycles. The summed E-state index contributed by atoms with van der Waals surface area (Å²) in [6.07, 6.45) is 6.00. The van der Waals surface area contributed by atoms with E-state index in [2.05, 4.69) is 15.2 Å². The van der Waals surface area contributed by atoms with Gasteiger partial charge in [-0.2, -0.15) is 0 Å². The molecule has 1 saturated heterocycles. The summed E-state index contributed by atoms with van der Waals surface area (Å²) in [5, 5.41) is 13.6. The third kappa shape index (κ3) is 6.89. The lowest BCUT2D eigenvalue weighted by Gasteiger charge is -2.33. The molecule has 188 valence electrons. The molecule has 0 aliphatic carbocycles. The van der Waals surface area contributed by atoms with E-state index < -0.39 is 5.97 Å². The van der Waals surface area contributed by atoms with E-state index in [1.165, 1.54) is 12.1 Å². The largest absolute Gasteiger partial charge is 0.493 e. The Bertz CT molecular complexity index is 1210. The molecule has 36 heavy (non-hydrogen) atoms. The van der Waals surface area contributed by atoms with Crippen LogP contribution in [0.1, 0.15) is 39.1 Å². The van der Waals surface area contributed by atoms with Crippen molar-refractivity contribution in [2.75, 3.05) is 31.1 Å². The number of nitrogens with zero attached hydrogens (tertiary/aromatic N) is 2. The second-order valence-corrected chi connectivity index (χ2v) is 9.57. The normalized spacial score (nSPS) is 13.9. The van der Waals surface area contributed by atoms with Gasteiger partial charge >= 0.3 is 5.97 Å². The Kier molecular flexibility index (Phi) is 8.67. The van der Waals surface area contributed by atoms with E-state index in [0.29, 0.717) is 34.7 Å². The van der Waals surface area contributed by atoms with E-state index in [0.717, 1.165) is 37.2 Å². The molecular weight excluding hydrogens is 501 g/mol. The third-order valence-corrected chi connectivity index (χ3v) is 6.85. The molecule has 0 unspecified atom stereocenters. The molecule has 1 aromatic heterocycles. The van der Waals surface area contributed by atoms with Gasteiger partial charge in [-0.05, 0) is 66.8 Å². The number of nitrogens with one attached hydrogen (secondary N) is 1. The van der Waals surface area contributed by atoms with Gasteiger partial charge in [0.25, 0.3) is 5.91 Å². The molecule has 1 fully saturated rings. The maximum atomic E-state index is 12.9. The molecule has 0 radical (unpaired) electrons. The van der Waals surface area contributed by atoms with Crippen LogP contribution in [0.3, 0.4) is 0 Å². The number of pyridine rings is 1. The SMILES string of the molecule is O=C(O)c1cc(OCCc2ccc(Cl)cc2Cl)cc(C(=O)NCC2CCN(c3ccncc3)CC2)c1. The van der Waals surface area contributed by atoms with Gasteiger partial charge in [-0.15, -0.1) is 0 Å². The zero-order valence-corrected chi connectivity index (χ0v) is 21.1. The number of benzene rings is 2. The van der Waals surface area contributed by atoms with E-state index in [4.69, 9.17) is 27.9 Å². The first kappa shape index (κ1) is 25.8. The Hall–Kier alpha value is -3.29. The Labute approximate surface area is 220 Å². The van der Waals surface area contributed by atoms with Gasteiger partial charge in [0.15, 0.2) is 0 Å². The number of hydrogen-bond donors (Lipinski definition) is 2. The highest BCUT2D eigenvalue weighted by Crippen LogP contribution is 2.24. The van der Waals surface area contributed by atoms with Crippen LogP contribution in [0.4, 0.5) is 5.69 Å². The van der Waals surface area contributed by atoms with Gasteiger partial charge < -0.3 is 20.1 Å². The quantitative estimate of drug-likeness (QED) is 0.389. The molecular formula is C27H27Cl2N3O4. The van der Waals surface area contributed by atoms with Crippen LogP contribution in [-0.2, 0) is 6.42 Å². The van der Waals surface area contributed by atoms with Gasteiger partial charge in [0, 0.05) is 59.7 Å². The minimum Gasteiger partial charge on any atom is -0.493 e. The van der Waals surface area contributed by atoms with Crippen molar-refractivity contribution in [3.05, 3.63) is 87.7 Å². The molecule has 2 N–H and O–H groups in total. The van der Waals surface area contributed by atoms with Crippen molar-refractivity contribution in [3.63, 3.8) is 0 Å². The lowest BCUT2D eigenvalue weighted by molar-refractivity contribution is 0.0696. The van der Waals surface area contributed by atoms with Crippen molar-refractivity contribution in [2.24, 2.45) is 5.92 Å². The smallest absolute Gasteiger partial charge is 0.335 e. The van der Waals surface area contributed by atoms with Crippen LogP contribution < -0.4 is 15.0 Å². The summed E-state index contributed by atoms with van der Waals surface area (Å²) in [5.74, 6) is -0.774. The van der Waals surface area contributed by atoms with Gasteiger partial charge in [-0.3, -0.25) is 9.78 Å². The molecule has 1 aliphatic rings. The van der Waals surface area contributed by atoms with Crippen LogP contribution in [0.2, 0.25) is 10.0 Å². The van der Waals surface area contributed by atoms with Crippen LogP contribution in [0, 0.1) is 5.92 Å². The topological polar surface area (TPSA) is 91.8 Å². The first-order valence-corrected chi connectivity index (χ1v) is 12.5. The average molecular weight is 528 g/mol. The zero-order valence-electron chi connectivity index (χ0n) is 19.6. The number of carboxylic acids is 1. The molecule has 0 atom stereocenters. The van der Waals surface area contributed by atoms with E-state index in [-0.39, 0.29) is 23.6 Å². The van der Waals surface area contributed by atoms with Crippen LogP contribution in [0.15, 0.2) is 60.9 Å². The number of piperidine rings is 1. The Balaban J connectivity index is 1.32. The van der Waals surface area contributed by atoms with Crippen LogP contribution in [-0.4, -0.2) is 48.2 Å². The fraction of sp³-hybridized carbons (Fsp3) is 0.296. The Morgan fingerprint density at radius 2 is 1.75 bits per heavy atom. The summed E-state index contributed by atoms with van der Waals surface area (Å²) >= 11 is 12.1. The molecule has 0 spiro atoms. The number of aromatic carboxylic acids is 1. The molecule has 2 heterocycles. The van der Waals surface area contributed by atoms with Gasteiger partial charge in [-0.25, -0.2) is 4.79 Å². The lowest BCUT2D eigenvalue weighted by atomic mass is 9.96. The predicted molar refractivity (Wildman–Crippen MR) is 141 cm³/mol. The molecule has 2 aromatic carbocycles. The van der Waals surface area contributed by atoms with E-state index in [9.17, 15) is 14.7 Å². The van der Waals surface area contributed by atoms with Gasteiger partial charge in [0.1, 0.15) is 5.75 Å². The highest BCUT2D eigenvalue weighted by Gasteiger charge is 2.21. The second-order valence-electron chi connectivity index (χ2n) is 8.73. The number of rotatable bonds is 9. The van der Waals surface area contributed by atoms with Gasteiger partial charge in [0.05, 0.1) is 12.2 Å². The molecule has 0 bridgehead atoms. The number of carboxylic acid groups (broad SMARTS) is 1. The summed E-state index contributed by atoms with van der Waals surface area (Å²) in [5.41, 5.74) is 2.27. The highest BCUT2D eigenvalue weighted by atomic mass is 35.5. The summed E-state index contributed by atoms with van der Waals surface area (Å²) in [4.78, 5) is 30.9. The fourth-order valence-electron chi connectivity index (χ4n) is 4.23. The minimum absolute atomic E-state index is 0.00663. The zero-order chi connectivity index (χ0) is 25.5. The van der Waals surface area contributed by atoms with Crippen molar-refractivity contribution in [1.29, 1.82) is 0 Å². The summed E-state index contributed by atoms with van der Waals surface area (Å²) in [7, 11) is 0. The van der Waals surface area contributed by atoms with E-state index in [1.807, 2.05) is 18.2 Å². The molecule has 0 saturated carbocycles. The van der Waals surface area contributed by atoms with E-state index in [1.54, 1.807) is 30.6 Å². The number of carbonyl (C=O) groups is 2. The summed E-state index contributed by atoms with van der Waals surface area (Å²) in [6.45, 7) is 2.62. The maximum Gasteiger partial charge on any atom is 0.335 e. The predicted octanol–water partition coefficient (Wildman–Crippen LogP) is 5.35. The summed E-state index contributed by atoms with van der Waals surface area (Å²) in [6, 6.07) is 13.6. The van der Waals surface area contributed by atoms with Crippen molar-refractivity contribution < 1.29 is 19.4 Å². The highest BCUT2D eigenvalue weighted by molar-refractivity contribution is 6.35. The van der Waals surface area contributed by atoms with Crippen molar-refractivity contribution in [3.8, 4) is 5.75 Å². The third-order valence-electron chi connectivity index (χ3n) is 6.26. The number of aromatic nitrogens is 1. The first-order chi connectivity index (χ1) is 17.4. The monoisotopic (exact) mass is 527 g/mol. The number of hydrogen-bond acceptors (Lipinski definition) is 5. The number of anilines is 1. The van der Waals surface area contributed by atoms with Gasteiger partial charge in [-0.1, -0.05) is 29.3 Å². The second kappa shape index (κ2) is 12.1. The van der Waals surface area contributed by atoms with Crippen molar-refractivity contribution >= 4 is 40.8 Å². The molecule has 1 amide bonds. The minimum atomic E-state index is -1.13. The first-order valence-electron chi connectivity index (χ1n) is 11.8.